The highest BCUT2D eigenvalue weighted by molar-refractivity contribution is 7.74. The van der Waals surface area contributed by atoms with Gasteiger partial charge in [0.05, 0.1) is 18.3 Å². The van der Waals surface area contributed by atoms with Gasteiger partial charge in [-0.05, 0) is 20.8 Å². The molecule has 0 aromatic rings. The summed E-state index contributed by atoms with van der Waals surface area (Å²) >= 11 is 0. The lowest BCUT2D eigenvalue weighted by Gasteiger charge is -2.18. The Kier molecular flexibility index (Phi) is 8.25. The third-order valence-corrected chi connectivity index (χ3v) is 6.23. The van der Waals surface area contributed by atoms with E-state index in [1.54, 1.807) is 20.8 Å². The van der Waals surface area contributed by atoms with Crippen LogP contribution < -0.4 is 0 Å². The molecule has 5 nitrogen and oxygen atoms in total. The molecule has 0 aliphatic heterocycles. The van der Waals surface area contributed by atoms with Crippen LogP contribution >= 0.6 is 15.4 Å². The molecular formula is C9H20O5P2. The van der Waals surface area contributed by atoms with Crippen molar-refractivity contribution in [1.82, 2.24) is 0 Å². The molecule has 0 fully saturated rings. The van der Waals surface area contributed by atoms with Crippen molar-refractivity contribution >= 4 is 15.4 Å². The first-order valence-corrected chi connectivity index (χ1v) is 8.37. The van der Waals surface area contributed by atoms with Crippen molar-refractivity contribution in [2.75, 3.05) is 26.2 Å². The van der Waals surface area contributed by atoms with Crippen LogP contribution in [-0.2, 0) is 22.9 Å². The molecule has 0 bridgehead atoms. The van der Waals surface area contributed by atoms with Crippen molar-refractivity contribution < 1.29 is 22.9 Å². The van der Waals surface area contributed by atoms with Gasteiger partial charge >= 0.3 is 7.60 Å². The highest BCUT2D eigenvalue weighted by atomic mass is 31.2. The van der Waals surface area contributed by atoms with Crippen LogP contribution in [0.2, 0.25) is 0 Å². The zero-order chi connectivity index (χ0) is 12.6. The normalized spacial score (nSPS) is 13.7. The quantitative estimate of drug-likeness (QED) is 0.602. The Morgan fingerprint density at radius 3 is 2.06 bits per heavy atom. The average Bonchev–Trinajstić information content (AvgIpc) is 2.25. The number of ether oxygens (including phenoxy) is 1. The Bertz CT molecular complexity index is 280. The third-order valence-electron chi connectivity index (χ3n) is 1.69. The summed E-state index contributed by atoms with van der Waals surface area (Å²) in [6.45, 7) is 9.64. The molecule has 16 heavy (non-hydrogen) atoms. The summed E-state index contributed by atoms with van der Waals surface area (Å²) in [6.07, 6.45) is 0.0319. The van der Waals surface area contributed by atoms with Gasteiger partial charge in [0.1, 0.15) is 14.1 Å². The first-order chi connectivity index (χ1) is 7.51. The predicted octanol–water partition coefficient (Wildman–Crippen LogP) is 3.28. The van der Waals surface area contributed by atoms with Gasteiger partial charge in [-0.3, -0.25) is 4.57 Å². The summed E-state index contributed by atoms with van der Waals surface area (Å²) in [5, 5.41) is 0.0367. The summed E-state index contributed by atoms with van der Waals surface area (Å²) < 4.78 is 39.0. The monoisotopic (exact) mass is 270 g/mol. The second kappa shape index (κ2) is 8.21. The average molecular weight is 270 g/mol. The van der Waals surface area contributed by atoms with Crippen LogP contribution in [0.3, 0.4) is 0 Å². The molecule has 96 valence electrons. The van der Waals surface area contributed by atoms with Crippen LogP contribution in [-0.4, -0.2) is 26.2 Å². The number of hydrogen-bond donors (Lipinski definition) is 0. The highest BCUT2D eigenvalue weighted by Crippen LogP contribution is 2.63. The van der Waals surface area contributed by atoms with Gasteiger partial charge < -0.3 is 18.3 Å². The fraction of sp³-hybridized carbons (Fsp3) is 0.778. The molecule has 0 spiro atoms. The van der Waals surface area contributed by atoms with E-state index in [0.717, 1.165) is 0 Å². The zero-order valence-electron chi connectivity index (χ0n) is 10.0. The molecule has 0 rings (SSSR count). The summed E-state index contributed by atoms with van der Waals surface area (Å²) in [5.41, 5.74) is 0. The SMILES string of the molecule is C=C([PH](=O)COCC)P(=O)(OCC)OCC. The van der Waals surface area contributed by atoms with Gasteiger partial charge in [-0.1, -0.05) is 6.58 Å². The minimum Gasteiger partial charge on any atom is -0.374 e. The van der Waals surface area contributed by atoms with E-state index in [1.807, 2.05) is 0 Å². The first kappa shape index (κ1) is 16.1. The predicted molar refractivity (Wildman–Crippen MR) is 65.5 cm³/mol. The molecule has 0 aliphatic carbocycles. The fourth-order valence-corrected chi connectivity index (χ4v) is 4.39. The Labute approximate surface area is 97.5 Å². The van der Waals surface area contributed by atoms with Crippen molar-refractivity contribution in [2.24, 2.45) is 0 Å². The maximum Gasteiger partial charge on any atom is 0.364 e. The van der Waals surface area contributed by atoms with Crippen molar-refractivity contribution in [2.45, 2.75) is 20.8 Å². The van der Waals surface area contributed by atoms with E-state index >= 15 is 0 Å². The van der Waals surface area contributed by atoms with Crippen molar-refractivity contribution in [1.29, 1.82) is 0 Å². The second-order valence-corrected chi connectivity index (χ2v) is 7.05. The van der Waals surface area contributed by atoms with E-state index in [1.165, 1.54) is 0 Å². The lowest BCUT2D eigenvalue weighted by atomic mass is 10.9. The molecule has 1 unspecified atom stereocenters. The summed E-state index contributed by atoms with van der Waals surface area (Å²) in [5.74, 6) is 0. The maximum absolute atomic E-state index is 12.1. The van der Waals surface area contributed by atoms with Crippen molar-refractivity contribution in [3.8, 4) is 0 Å². The second-order valence-electron chi connectivity index (χ2n) is 2.84. The van der Waals surface area contributed by atoms with Crippen LogP contribution in [0.15, 0.2) is 11.6 Å². The Balaban J connectivity index is 4.61. The summed E-state index contributed by atoms with van der Waals surface area (Å²) in [4.78, 5) is 0. The van der Waals surface area contributed by atoms with Gasteiger partial charge in [0, 0.05) is 6.61 Å². The maximum atomic E-state index is 12.1. The van der Waals surface area contributed by atoms with Crippen LogP contribution in [0, 0.1) is 0 Å². The van der Waals surface area contributed by atoms with Crippen LogP contribution in [0.1, 0.15) is 20.8 Å². The van der Waals surface area contributed by atoms with Crippen LogP contribution in [0.5, 0.6) is 0 Å². The zero-order valence-corrected chi connectivity index (χ0v) is 11.9. The molecule has 0 heterocycles. The van der Waals surface area contributed by atoms with Crippen molar-refractivity contribution in [3.05, 3.63) is 11.6 Å². The van der Waals surface area contributed by atoms with Gasteiger partial charge in [-0.2, -0.15) is 0 Å². The molecular weight excluding hydrogens is 250 g/mol. The fourth-order valence-electron chi connectivity index (χ4n) is 0.964. The van der Waals surface area contributed by atoms with E-state index in [-0.39, 0.29) is 24.6 Å². The van der Waals surface area contributed by atoms with Gasteiger partial charge in [0.25, 0.3) is 0 Å². The molecule has 0 saturated carbocycles. The molecule has 0 radical (unpaired) electrons. The minimum atomic E-state index is -3.45. The summed E-state index contributed by atoms with van der Waals surface area (Å²) in [6, 6.07) is 0. The van der Waals surface area contributed by atoms with Gasteiger partial charge in [-0.15, -0.1) is 0 Å². The molecule has 1 atom stereocenters. The summed E-state index contributed by atoms with van der Waals surface area (Å²) in [7, 11) is -5.76. The molecule has 0 aromatic carbocycles. The largest absolute Gasteiger partial charge is 0.374 e. The van der Waals surface area contributed by atoms with Gasteiger partial charge in [0.2, 0.25) is 0 Å². The van der Waals surface area contributed by atoms with E-state index in [2.05, 4.69) is 6.58 Å². The van der Waals surface area contributed by atoms with Crippen LogP contribution in [0.4, 0.5) is 0 Å². The highest BCUT2D eigenvalue weighted by Gasteiger charge is 2.31. The Morgan fingerprint density at radius 2 is 1.69 bits per heavy atom. The standard InChI is InChI=1S/C9H20O5P2/c1-5-12-8-15(10)9(4)16(11,13-6-2)14-7-3/h15H,4-8H2,1-3H3. The molecule has 0 aliphatic rings. The smallest absolute Gasteiger partial charge is 0.364 e. The Morgan fingerprint density at radius 1 is 1.19 bits per heavy atom. The van der Waals surface area contributed by atoms with E-state index in [9.17, 15) is 9.13 Å². The number of rotatable bonds is 9. The molecule has 0 saturated heterocycles. The van der Waals surface area contributed by atoms with Crippen LogP contribution in [0.25, 0.3) is 0 Å². The first-order valence-electron chi connectivity index (χ1n) is 5.21. The third kappa shape index (κ3) is 4.94. The lowest BCUT2D eigenvalue weighted by molar-refractivity contribution is 0.193. The van der Waals surface area contributed by atoms with E-state index < -0.39 is 15.4 Å². The minimum absolute atomic E-state index is 0.0319. The van der Waals surface area contributed by atoms with Gasteiger partial charge in [-0.25, -0.2) is 0 Å². The molecule has 0 N–H and O–H groups in total. The van der Waals surface area contributed by atoms with E-state index in [4.69, 9.17) is 13.8 Å². The van der Waals surface area contributed by atoms with Crippen molar-refractivity contribution in [3.63, 3.8) is 0 Å². The lowest BCUT2D eigenvalue weighted by Crippen LogP contribution is -1.98. The molecule has 7 heteroatoms. The molecule has 0 amide bonds. The number of hydrogen-bond acceptors (Lipinski definition) is 5. The van der Waals surface area contributed by atoms with E-state index in [0.29, 0.717) is 6.61 Å². The Hall–Kier alpha value is 0.0800. The van der Waals surface area contributed by atoms with Gasteiger partial charge in [0.15, 0.2) is 0 Å². The topological polar surface area (TPSA) is 61.8 Å². The molecule has 0 aromatic heterocycles.